The van der Waals surface area contributed by atoms with Crippen LogP contribution in [-0.4, -0.2) is 6.36 Å². The maximum absolute atomic E-state index is 11.9. The highest BCUT2D eigenvalue weighted by Crippen LogP contribution is 2.32. The lowest BCUT2D eigenvalue weighted by atomic mass is 10.2. The monoisotopic (exact) mass is 280 g/mol. The van der Waals surface area contributed by atoms with Gasteiger partial charge in [-0.05, 0) is 28.1 Å². The van der Waals surface area contributed by atoms with Crippen molar-refractivity contribution in [3.8, 4) is 11.8 Å². The minimum absolute atomic E-state index is 0.168. The Labute approximate surface area is 91.4 Å². The van der Waals surface area contributed by atoms with Crippen LogP contribution in [0.1, 0.15) is 5.56 Å². The average molecular weight is 281 g/mol. The van der Waals surface area contributed by atoms with Gasteiger partial charge in [0.25, 0.3) is 0 Å². The van der Waals surface area contributed by atoms with Gasteiger partial charge in [-0.15, -0.1) is 13.2 Å². The Morgan fingerprint density at radius 2 is 2.00 bits per heavy atom. The molecule has 0 saturated carbocycles. The van der Waals surface area contributed by atoms with E-state index in [9.17, 15) is 13.2 Å². The Kier molecular flexibility index (Phi) is 3.09. The normalized spacial score (nSPS) is 10.9. The van der Waals surface area contributed by atoms with E-state index in [0.717, 1.165) is 12.1 Å². The second kappa shape index (κ2) is 3.98. The van der Waals surface area contributed by atoms with Crippen LogP contribution < -0.4 is 10.5 Å². The number of ether oxygens (including phenoxy) is 1. The van der Waals surface area contributed by atoms with Crippen molar-refractivity contribution in [2.75, 3.05) is 5.73 Å². The Morgan fingerprint density at radius 3 is 2.47 bits per heavy atom. The highest BCUT2D eigenvalue weighted by Gasteiger charge is 2.32. The van der Waals surface area contributed by atoms with Crippen LogP contribution in [0.5, 0.6) is 5.75 Å². The van der Waals surface area contributed by atoms with E-state index >= 15 is 0 Å². The second-order valence-corrected chi connectivity index (χ2v) is 3.38. The lowest BCUT2D eigenvalue weighted by molar-refractivity contribution is -0.274. The fraction of sp³-hybridized carbons (Fsp3) is 0.125. The van der Waals surface area contributed by atoms with Crippen LogP contribution in [0.3, 0.4) is 0 Å². The predicted molar refractivity (Wildman–Crippen MR) is 50.0 cm³/mol. The highest BCUT2D eigenvalue weighted by atomic mass is 79.9. The van der Waals surface area contributed by atoms with E-state index < -0.39 is 12.1 Å². The molecule has 1 aromatic carbocycles. The number of rotatable bonds is 1. The first kappa shape index (κ1) is 11.7. The molecule has 80 valence electrons. The van der Waals surface area contributed by atoms with E-state index in [4.69, 9.17) is 11.0 Å². The minimum atomic E-state index is -4.83. The Bertz CT molecular complexity index is 425. The molecule has 0 aliphatic rings. The first-order valence-corrected chi connectivity index (χ1v) is 4.37. The van der Waals surface area contributed by atoms with Gasteiger partial charge in [0.1, 0.15) is 11.8 Å². The van der Waals surface area contributed by atoms with Gasteiger partial charge in [0.2, 0.25) is 0 Å². The molecule has 0 spiro atoms. The SMILES string of the molecule is N#Cc1cc(N)c(Br)cc1OC(F)(F)F. The van der Waals surface area contributed by atoms with Crippen LogP contribution in [0.4, 0.5) is 18.9 Å². The number of nitrogens with zero attached hydrogens (tertiary/aromatic N) is 1. The molecule has 7 heteroatoms. The molecule has 0 aliphatic carbocycles. The number of hydrogen-bond donors (Lipinski definition) is 1. The van der Waals surface area contributed by atoms with Gasteiger partial charge in [0, 0.05) is 10.2 Å². The molecule has 0 atom stereocenters. The van der Waals surface area contributed by atoms with Crippen molar-refractivity contribution in [3.63, 3.8) is 0 Å². The summed E-state index contributed by atoms with van der Waals surface area (Å²) in [5, 5.41) is 8.56. The van der Waals surface area contributed by atoms with Crippen LogP contribution in [0.25, 0.3) is 0 Å². The van der Waals surface area contributed by atoms with Crippen molar-refractivity contribution in [1.82, 2.24) is 0 Å². The van der Waals surface area contributed by atoms with Gasteiger partial charge in [0.05, 0.1) is 5.56 Å². The Balaban J connectivity index is 3.18. The molecule has 0 heterocycles. The summed E-state index contributed by atoms with van der Waals surface area (Å²) in [6.45, 7) is 0. The Morgan fingerprint density at radius 1 is 1.40 bits per heavy atom. The number of nitriles is 1. The van der Waals surface area contributed by atoms with Gasteiger partial charge in [-0.25, -0.2) is 0 Å². The number of alkyl halides is 3. The number of nitrogen functional groups attached to an aromatic ring is 1. The summed E-state index contributed by atoms with van der Waals surface area (Å²) in [5.74, 6) is -0.578. The van der Waals surface area contributed by atoms with Crippen molar-refractivity contribution in [1.29, 1.82) is 5.26 Å². The molecule has 15 heavy (non-hydrogen) atoms. The third-order valence-electron chi connectivity index (χ3n) is 1.45. The molecule has 0 amide bonds. The van der Waals surface area contributed by atoms with Crippen LogP contribution in [0.15, 0.2) is 16.6 Å². The van der Waals surface area contributed by atoms with Gasteiger partial charge in [0.15, 0.2) is 0 Å². The largest absolute Gasteiger partial charge is 0.573 e. The molecular weight excluding hydrogens is 277 g/mol. The van der Waals surface area contributed by atoms with Crippen molar-refractivity contribution in [2.45, 2.75) is 6.36 Å². The van der Waals surface area contributed by atoms with E-state index in [1.165, 1.54) is 0 Å². The quantitative estimate of drug-likeness (QED) is 0.805. The molecule has 0 saturated heterocycles. The number of nitrogens with two attached hydrogens (primary N) is 1. The zero-order valence-electron chi connectivity index (χ0n) is 7.10. The topological polar surface area (TPSA) is 59.0 Å². The maximum atomic E-state index is 11.9. The summed E-state index contributed by atoms with van der Waals surface area (Å²) in [6.07, 6.45) is -4.83. The first-order valence-electron chi connectivity index (χ1n) is 3.58. The molecular formula is C8H4BrF3N2O. The molecule has 0 aromatic heterocycles. The van der Waals surface area contributed by atoms with Gasteiger partial charge >= 0.3 is 6.36 Å². The standard InChI is InChI=1S/C8H4BrF3N2O/c9-5-2-7(15-8(10,11)12)4(3-13)1-6(5)14/h1-2H,14H2. The first-order chi connectivity index (χ1) is 6.83. The fourth-order valence-corrected chi connectivity index (χ4v) is 1.19. The molecule has 0 fully saturated rings. The lowest BCUT2D eigenvalue weighted by Gasteiger charge is -2.11. The van der Waals surface area contributed by atoms with E-state index in [1.54, 1.807) is 6.07 Å². The summed E-state index contributed by atoms with van der Waals surface area (Å²) in [6, 6.07) is 3.66. The van der Waals surface area contributed by atoms with Crippen LogP contribution in [-0.2, 0) is 0 Å². The van der Waals surface area contributed by atoms with Crippen LogP contribution in [0, 0.1) is 11.3 Å². The number of hydrogen-bond acceptors (Lipinski definition) is 3. The third kappa shape index (κ3) is 3.02. The molecule has 0 bridgehead atoms. The van der Waals surface area contributed by atoms with Crippen molar-refractivity contribution < 1.29 is 17.9 Å². The van der Waals surface area contributed by atoms with Gasteiger partial charge in [-0.2, -0.15) is 5.26 Å². The second-order valence-electron chi connectivity index (χ2n) is 2.53. The molecule has 1 rings (SSSR count). The summed E-state index contributed by atoms with van der Waals surface area (Å²) < 4.78 is 39.6. The fourth-order valence-electron chi connectivity index (χ4n) is 0.868. The molecule has 0 unspecified atom stereocenters. The smallest absolute Gasteiger partial charge is 0.404 e. The van der Waals surface area contributed by atoms with E-state index in [1.807, 2.05) is 0 Å². The summed E-state index contributed by atoms with van der Waals surface area (Å²) >= 11 is 2.94. The van der Waals surface area contributed by atoms with Gasteiger partial charge in [-0.3, -0.25) is 0 Å². The van der Waals surface area contributed by atoms with Crippen molar-refractivity contribution in [3.05, 3.63) is 22.2 Å². The molecule has 0 aliphatic heterocycles. The Hall–Kier alpha value is -1.42. The predicted octanol–water partition coefficient (Wildman–Crippen LogP) is 2.80. The van der Waals surface area contributed by atoms with Gasteiger partial charge < -0.3 is 10.5 Å². The zero-order chi connectivity index (χ0) is 11.6. The highest BCUT2D eigenvalue weighted by molar-refractivity contribution is 9.10. The number of halogens is 4. The lowest BCUT2D eigenvalue weighted by Crippen LogP contribution is -2.18. The van der Waals surface area contributed by atoms with E-state index in [-0.39, 0.29) is 15.7 Å². The average Bonchev–Trinajstić information content (AvgIpc) is 2.08. The maximum Gasteiger partial charge on any atom is 0.573 e. The molecule has 1 aromatic rings. The van der Waals surface area contributed by atoms with Crippen LogP contribution >= 0.6 is 15.9 Å². The molecule has 0 radical (unpaired) electrons. The minimum Gasteiger partial charge on any atom is -0.404 e. The van der Waals surface area contributed by atoms with Gasteiger partial charge in [-0.1, -0.05) is 0 Å². The number of benzene rings is 1. The zero-order valence-corrected chi connectivity index (χ0v) is 8.69. The van der Waals surface area contributed by atoms with E-state index in [0.29, 0.717) is 0 Å². The molecule has 2 N–H and O–H groups in total. The summed E-state index contributed by atoms with van der Waals surface area (Å²) in [7, 11) is 0. The third-order valence-corrected chi connectivity index (χ3v) is 2.13. The number of anilines is 1. The van der Waals surface area contributed by atoms with Crippen LogP contribution in [0.2, 0.25) is 0 Å². The summed E-state index contributed by atoms with van der Waals surface area (Å²) in [5.41, 5.74) is 5.29. The van der Waals surface area contributed by atoms with Crippen molar-refractivity contribution >= 4 is 21.6 Å². The van der Waals surface area contributed by atoms with Crippen molar-refractivity contribution in [2.24, 2.45) is 0 Å². The molecule has 3 nitrogen and oxygen atoms in total. The summed E-state index contributed by atoms with van der Waals surface area (Å²) in [4.78, 5) is 0. The van der Waals surface area contributed by atoms with E-state index in [2.05, 4.69) is 20.7 Å².